The number of ether oxygens (including phenoxy) is 4. The molecule has 39 heavy (non-hydrogen) atoms. The average Bonchev–Trinajstić information content (AvgIpc) is 3.50. The van der Waals surface area contributed by atoms with Crippen LogP contribution in [0.2, 0.25) is 0 Å². The minimum absolute atomic E-state index is 0.00569. The molecule has 0 amide bonds. The molecule has 2 heterocycles. The number of rotatable bonds is 6. The third-order valence-electron chi connectivity index (χ3n) is 12.2. The number of ketones is 1. The predicted molar refractivity (Wildman–Crippen MR) is 146 cm³/mol. The molecule has 0 aromatic rings. The molecule has 7 nitrogen and oxygen atoms in total. The second-order valence-corrected chi connectivity index (χ2v) is 15.0. The second-order valence-electron chi connectivity index (χ2n) is 15.0. The number of allylic oxidation sites excluding steroid dienone is 1. The fraction of sp³-hybridized carbons (Fsp3) is 0.906. The topological polar surface area (TPSA) is 94.5 Å². The van der Waals surface area contributed by atoms with E-state index in [1.807, 2.05) is 19.9 Å². The standard InChI is InChI=1S/C32H50O7/c1-7-8-27-38-26(11-12-28(2,3)34)31(6,39-27)25-10-14-32(35)20-15-22(33)21-16-23-24(37-18-36-23)17-29(21,4)19(20)9-13-30(25,32)5/h15,19,21,23-27,34-35H,7-14,16-18H2,1-6H3/t19-,21-,23+,24-,25-,26+,27+,29+,30+,31+,32+/m0/s1. The molecule has 2 saturated heterocycles. The largest absolute Gasteiger partial charge is 0.390 e. The van der Waals surface area contributed by atoms with Crippen LogP contribution in [0.15, 0.2) is 11.6 Å². The fourth-order valence-electron chi connectivity index (χ4n) is 10.0. The van der Waals surface area contributed by atoms with E-state index in [4.69, 9.17) is 18.9 Å². The SMILES string of the molecule is CCC[C@@H]1O[C@H](CCC(C)(C)O)[C@@](C)([C@H]2CC[C@@]3(O)C4=CC(=O)[C@@H]5C[C@H]6OCO[C@H]6C[C@]5(C)[C@H]4CC[C@]23C)O1. The number of hydrogen-bond donors (Lipinski definition) is 2. The van der Waals surface area contributed by atoms with Gasteiger partial charge in [-0.25, -0.2) is 0 Å². The highest BCUT2D eigenvalue weighted by atomic mass is 16.7. The molecule has 7 heteroatoms. The summed E-state index contributed by atoms with van der Waals surface area (Å²) in [5.74, 6) is 0.309. The first kappa shape index (κ1) is 28.3. The van der Waals surface area contributed by atoms with Crippen molar-refractivity contribution in [1.82, 2.24) is 0 Å². The Balaban J connectivity index is 1.33. The molecule has 6 rings (SSSR count). The lowest BCUT2D eigenvalue weighted by molar-refractivity contribution is -0.163. The molecule has 2 aliphatic heterocycles. The summed E-state index contributed by atoms with van der Waals surface area (Å²) in [5, 5.41) is 23.2. The van der Waals surface area contributed by atoms with Crippen molar-refractivity contribution in [1.29, 1.82) is 0 Å². The first-order valence-electron chi connectivity index (χ1n) is 15.5. The van der Waals surface area contributed by atoms with Crippen molar-refractivity contribution in [3.63, 3.8) is 0 Å². The minimum Gasteiger partial charge on any atom is -0.390 e. The Morgan fingerprint density at radius 3 is 2.51 bits per heavy atom. The lowest BCUT2D eigenvalue weighted by Gasteiger charge is -2.60. The van der Waals surface area contributed by atoms with Crippen LogP contribution in [0.25, 0.3) is 0 Å². The summed E-state index contributed by atoms with van der Waals surface area (Å²) in [4.78, 5) is 13.7. The quantitative estimate of drug-likeness (QED) is 0.481. The molecule has 0 spiro atoms. The molecular formula is C32H50O7. The molecule has 4 aliphatic carbocycles. The number of hydrogen-bond acceptors (Lipinski definition) is 7. The molecule has 3 saturated carbocycles. The Labute approximate surface area is 234 Å². The van der Waals surface area contributed by atoms with Crippen LogP contribution in [0, 0.1) is 28.6 Å². The molecular weight excluding hydrogens is 496 g/mol. The van der Waals surface area contributed by atoms with Gasteiger partial charge in [0, 0.05) is 11.3 Å². The first-order chi connectivity index (χ1) is 18.2. The highest BCUT2D eigenvalue weighted by Gasteiger charge is 2.71. The Morgan fingerprint density at radius 1 is 1.05 bits per heavy atom. The van der Waals surface area contributed by atoms with Crippen LogP contribution >= 0.6 is 0 Å². The van der Waals surface area contributed by atoms with E-state index in [1.54, 1.807) is 0 Å². The highest BCUT2D eigenvalue weighted by molar-refractivity contribution is 5.95. The van der Waals surface area contributed by atoms with Crippen molar-refractivity contribution >= 4 is 5.78 Å². The molecule has 0 unspecified atom stereocenters. The van der Waals surface area contributed by atoms with Crippen molar-refractivity contribution in [3.8, 4) is 0 Å². The van der Waals surface area contributed by atoms with Crippen LogP contribution in [-0.2, 0) is 23.7 Å². The van der Waals surface area contributed by atoms with E-state index in [0.29, 0.717) is 32.5 Å². The van der Waals surface area contributed by atoms with Gasteiger partial charge < -0.3 is 29.2 Å². The van der Waals surface area contributed by atoms with E-state index in [0.717, 1.165) is 44.1 Å². The predicted octanol–water partition coefficient (Wildman–Crippen LogP) is 5.06. The molecule has 0 aromatic carbocycles. The maximum Gasteiger partial charge on any atom is 0.159 e. The van der Waals surface area contributed by atoms with E-state index >= 15 is 0 Å². The van der Waals surface area contributed by atoms with E-state index in [2.05, 4.69) is 27.7 Å². The van der Waals surface area contributed by atoms with Crippen LogP contribution in [-0.4, -0.2) is 64.2 Å². The fourth-order valence-corrected chi connectivity index (χ4v) is 10.0. The highest BCUT2D eigenvalue weighted by Crippen LogP contribution is 2.69. The second kappa shape index (κ2) is 9.34. The Bertz CT molecular complexity index is 1020. The maximum absolute atomic E-state index is 13.7. The molecule has 11 atom stereocenters. The molecule has 0 radical (unpaired) electrons. The van der Waals surface area contributed by atoms with Gasteiger partial charge in [-0.05, 0) is 107 Å². The van der Waals surface area contributed by atoms with Gasteiger partial charge in [0.1, 0.15) is 6.79 Å². The van der Waals surface area contributed by atoms with Gasteiger partial charge in [0.05, 0.1) is 35.1 Å². The zero-order valence-corrected chi connectivity index (χ0v) is 24.8. The third-order valence-corrected chi connectivity index (χ3v) is 12.2. The summed E-state index contributed by atoms with van der Waals surface area (Å²) >= 11 is 0. The lowest BCUT2D eigenvalue weighted by Crippen LogP contribution is -2.62. The van der Waals surface area contributed by atoms with Gasteiger partial charge in [-0.3, -0.25) is 4.79 Å². The third kappa shape index (κ3) is 4.16. The van der Waals surface area contributed by atoms with Crippen molar-refractivity contribution in [3.05, 3.63) is 11.6 Å². The Morgan fingerprint density at radius 2 is 1.79 bits per heavy atom. The lowest BCUT2D eigenvalue weighted by atomic mass is 9.45. The van der Waals surface area contributed by atoms with E-state index < -0.39 is 22.2 Å². The van der Waals surface area contributed by atoms with E-state index in [1.165, 1.54) is 0 Å². The molecule has 220 valence electrons. The monoisotopic (exact) mass is 546 g/mol. The normalized spacial score (nSPS) is 51.2. The zero-order valence-electron chi connectivity index (χ0n) is 24.8. The summed E-state index contributed by atoms with van der Waals surface area (Å²) in [7, 11) is 0. The van der Waals surface area contributed by atoms with Crippen molar-refractivity contribution in [2.24, 2.45) is 28.6 Å². The van der Waals surface area contributed by atoms with Crippen LogP contribution in [0.5, 0.6) is 0 Å². The Kier molecular flexibility index (Phi) is 6.77. The molecule has 0 bridgehead atoms. The zero-order chi connectivity index (χ0) is 28.0. The molecule has 5 fully saturated rings. The first-order valence-corrected chi connectivity index (χ1v) is 15.5. The van der Waals surface area contributed by atoms with Gasteiger partial charge in [0.15, 0.2) is 12.1 Å². The Hall–Kier alpha value is -0.830. The van der Waals surface area contributed by atoms with Gasteiger partial charge in [0.2, 0.25) is 0 Å². The maximum atomic E-state index is 13.7. The summed E-state index contributed by atoms with van der Waals surface area (Å²) < 4.78 is 25.1. The van der Waals surface area contributed by atoms with Crippen LogP contribution in [0.3, 0.4) is 0 Å². The smallest absolute Gasteiger partial charge is 0.159 e. The summed E-state index contributed by atoms with van der Waals surface area (Å²) in [6, 6.07) is 0. The number of carbonyl (C=O) groups excluding carboxylic acids is 1. The van der Waals surface area contributed by atoms with Crippen LogP contribution in [0.1, 0.15) is 106 Å². The summed E-state index contributed by atoms with van der Waals surface area (Å²) in [6.07, 6.45) is 9.40. The number of fused-ring (bicyclic) bond motifs is 6. The van der Waals surface area contributed by atoms with Crippen molar-refractivity contribution in [2.75, 3.05) is 6.79 Å². The minimum atomic E-state index is -1.05. The molecule has 2 N–H and O–H groups in total. The summed E-state index contributed by atoms with van der Waals surface area (Å²) in [6.45, 7) is 12.8. The van der Waals surface area contributed by atoms with Gasteiger partial charge in [-0.2, -0.15) is 0 Å². The van der Waals surface area contributed by atoms with Gasteiger partial charge >= 0.3 is 0 Å². The van der Waals surface area contributed by atoms with E-state index in [9.17, 15) is 15.0 Å². The van der Waals surface area contributed by atoms with Gasteiger partial charge in [-0.1, -0.05) is 27.2 Å². The average molecular weight is 547 g/mol. The summed E-state index contributed by atoms with van der Waals surface area (Å²) in [5.41, 5.74) is -2.11. The molecule has 6 aliphatic rings. The van der Waals surface area contributed by atoms with Crippen LogP contribution in [0.4, 0.5) is 0 Å². The molecule has 0 aromatic heterocycles. The number of aliphatic hydroxyl groups is 2. The van der Waals surface area contributed by atoms with Gasteiger partial charge in [-0.15, -0.1) is 0 Å². The van der Waals surface area contributed by atoms with Crippen molar-refractivity contribution in [2.45, 2.75) is 147 Å². The van der Waals surface area contributed by atoms with Crippen LogP contribution < -0.4 is 0 Å². The van der Waals surface area contributed by atoms with Crippen molar-refractivity contribution < 1.29 is 34.0 Å². The van der Waals surface area contributed by atoms with E-state index in [-0.39, 0.29) is 53.6 Å². The number of carbonyl (C=O) groups is 1. The van der Waals surface area contributed by atoms with Gasteiger partial charge in [0.25, 0.3) is 0 Å².